The molecule has 0 atom stereocenters. The van der Waals surface area contributed by atoms with Crippen LogP contribution in [0.15, 0.2) is 19.7 Å². The topological polar surface area (TPSA) is 72.8 Å². The number of fused-ring (bicyclic) bond motifs is 2. The number of aryl methyl sites for hydroxylation is 3. The lowest BCUT2D eigenvalue weighted by atomic mass is 10.0. The molecule has 140 valence electrons. The Kier molecular flexibility index (Phi) is 5.37. The van der Waals surface area contributed by atoms with Crippen LogP contribution in [0.4, 0.5) is 0 Å². The number of unbranched alkanes of at least 4 members (excludes halogenated alkanes) is 3. The first kappa shape index (κ1) is 18.5. The molecule has 0 bridgehead atoms. The van der Waals surface area contributed by atoms with E-state index in [2.05, 4.69) is 0 Å². The molecule has 0 radical (unpaired) electrons. The average Bonchev–Trinajstić information content (AvgIpc) is 2.93. The summed E-state index contributed by atoms with van der Waals surface area (Å²) in [4.78, 5) is 12.0. The van der Waals surface area contributed by atoms with Crippen LogP contribution in [0.1, 0.15) is 48.1 Å². The van der Waals surface area contributed by atoms with Crippen LogP contribution in [-0.2, 0) is 0 Å². The minimum atomic E-state index is -0.305. The summed E-state index contributed by atoms with van der Waals surface area (Å²) in [5.41, 5.74) is 3.35. The molecule has 1 N–H and O–H groups in total. The van der Waals surface area contributed by atoms with E-state index in [0.29, 0.717) is 23.3 Å². The van der Waals surface area contributed by atoms with E-state index in [0.717, 1.165) is 59.1 Å². The highest BCUT2D eigenvalue weighted by Gasteiger charge is 2.19. The van der Waals surface area contributed by atoms with E-state index in [1.807, 2.05) is 26.8 Å². The van der Waals surface area contributed by atoms with Gasteiger partial charge in [0.05, 0.1) is 12.0 Å². The Morgan fingerprint density at radius 2 is 1.58 bits per heavy atom. The normalized spacial score (nSPS) is 11.6. The molecule has 3 rings (SSSR count). The first-order valence-corrected chi connectivity index (χ1v) is 9.16. The molecule has 5 heteroatoms. The van der Waals surface area contributed by atoms with Crippen LogP contribution < -0.4 is 10.4 Å². The molecule has 0 saturated carbocycles. The molecule has 26 heavy (non-hydrogen) atoms. The second-order valence-corrected chi connectivity index (χ2v) is 6.87. The van der Waals surface area contributed by atoms with Crippen LogP contribution in [0.3, 0.4) is 0 Å². The van der Waals surface area contributed by atoms with Gasteiger partial charge in [0, 0.05) is 23.1 Å². The lowest BCUT2D eigenvalue weighted by Crippen LogP contribution is -2.06. The molecule has 0 aliphatic heterocycles. The van der Waals surface area contributed by atoms with Gasteiger partial charge in [-0.25, -0.2) is 4.79 Å². The zero-order valence-corrected chi connectivity index (χ0v) is 15.9. The van der Waals surface area contributed by atoms with E-state index < -0.39 is 0 Å². The Morgan fingerprint density at radius 3 is 2.31 bits per heavy atom. The van der Waals surface area contributed by atoms with Crippen LogP contribution in [0, 0.1) is 27.7 Å². The van der Waals surface area contributed by atoms with Crippen molar-refractivity contribution in [1.82, 2.24) is 0 Å². The summed E-state index contributed by atoms with van der Waals surface area (Å²) in [6.07, 6.45) is 3.81. The van der Waals surface area contributed by atoms with Crippen molar-refractivity contribution in [2.24, 2.45) is 0 Å². The summed E-state index contributed by atoms with van der Waals surface area (Å²) in [5.74, 6) is 1.49. The summed E-state index contributed by atoms with van der Waals surface area (Å²) in [5, 5.41) is 10.7. The van der Waals surface area contributed by atoms with Gasteiger partial charge in [0.1, 0.15) is 16.9 Å². The monoisotopic (exact) mass is 358 g/mol. The highest BCUT2D eigenvalue weighted by Crippen LogP contribution is 2.39. The van der Waals surface area contributed by atoms with Crippen molar-refractivity contribution in [3.8, 4) is 5.75 Å². The molecule has 2 aromatic heterocycles. The van der Waals surface area contributed by atoms with Crippen molar-refractivity contribution in [1.29, 1.82) is 0 Å². The molecular weight excluding hydrogens is 332 g/mol. The second-order valence-electron chi connectivity index (χ2n) is 6.87. The molecule has 5 nitrogen and oxygen atoms in total. The van der Waals surface area contributed by atoms with Crippen molar-refractivity contribution in [2.75, 3.05) is 13.2 Å². The minimum Gasteiger partial charge on any atom is -0.489 e. The van der Waals surface area contributed by atoms with E-state index >= 15 is 0 Å². The molecular formula is C21H26O5. The van der Waals surface area contributed by atoms with Crippen molar-refractivity contribution in [3.63, 3.8) is 0 Å². The molecule has 0 aliphatic carbocycles. The molecule has 0 saturated heterocycles. The Hall–Kier alpha value is -2.27. The third-order valence-corrected chi connectivity index (χ3v) is 5.04. The quantitative estimate of drug-likeness (QED) is 0.489. The molecule has 0 fully saturated rings. The maximum absolute atomic E-state index is 12.0. The molecule has 0 amide bonds. The van der Waals surface area contributed by atoms with Gasteiger partial charge in [-0.15, -0.1) is 0 Å². The number of benzene rings is 1. The summed E-state index contributed by atoms with van der Waals surface area (Å²) in [6, 6.07) is 2.00. The molecule has 3 aromatic rings. The fraction of sp³-hybridized carbons (Fsp3) is 0.476. The van der Waals surface area contributed by atoms with E-state index in [4.69, 9.17) is 18.7 Å². The lowest BCUT2D eigenvalue weighted by molar-refractivity contribution is 0.272. The van der Waals surface area contributed by atoms with E-state index in [1.54, 1.807) is 6.92 Å². The van der Waals surface area contributed by atoms with Gasteiger partial charge < -0.3 is 18.7 Å². The molecule has 0 unspecified atom stereocenters. The maximum atomic E-state index is 12.0. The van der Waals surface area contributed by atoms with Crippen molar-refractivity contribution < 1.29 is 18.7 Å². The average molecular weight is 358 g/mol. The van der Waals surface area contributed by atoms with E-state index in [9.17, 15) is 4.79 Å². The Morgan fingerprint density at radius 1 is 0.885 bits per heavy atom. The Balaban J connectivity index is 1.99. The van der Waals surface area contributed by atoms with Crippen molar-refractivity contribution in [3.05, 3.63) is 38.9 Å². The van der Waals surface area contributed by atoms with Crippen molar-refractivity contribution in [2.45, 2.75) is 53.4 Å². The summed E-state index contributed by atoms with van der Waals surface area (Å²) in [6.45, 7) is 8.37. The maximum Gasteiger partial charge on any atom is 0.339 e. The van der Waals surface area contributed by atoms with Crippen LogP contribution in [0.5, 0.6) is 5.75 Å². The first-order chi connectivity index (χ1) is 12.5. The van der Waals surface area contributed by atoms with Gasteiger partial charge >= 0.3 is 5.63 Å². The number of aliphatic hydroxyl groups excluding tert-OH is 1. The predicted octanol–water partition coefficient (Wildman–Crippen LogP) is 4.70. The smallest absolute Gasteiger partial charge is 0.339 e. The molecule has 2 heterocycles. The van der Waals surface area contributed by atoms with Crippen LogP contribution in [-0.4, -0.2) is 18.3 Å². The predicted molar refractivity (Wildman–Crippen MR) is 102 cm³/mol. The second kappa shape index (κ2) is 7.54. The standard InChI is InChI=1S/C21H26O5/c1-12-13(2)21(23)26-18-14(3)19-17(11-16(12)18)20(15(4)25-19)24-10-8-6-5-7-9-22/h11,22H,5-10H2,1-4H3. The zero-order chi connectivity index (χ0) is 18.8. The first-order valence-electron chi connectivity index (χ1n) is 9.16. The van der Waals surface area contributed by atoms with E-state index in [1.165, 1.54) is 0 Å². The number of hydrogen-bond acceptors (Lipinski definition) is 5. The SMILES string of the molecule is Cc1oc2c(C)c3oc(=O)c(C)c(C)c3cc2c1OCCCCCCO. The fourth-order valence-electron chi connectivity index (χ4n) is 3.33. The van der Waals surface area contributed by atoms with Gasteiger partial charge in [-0.2, -0.15) is 0 Å². The molecule has 1 aromatic carbocycles. The van der Waals surface area contributed by atoms with Crippen molar-refractivity contribution >= 4 is 21.9 Å². The summed E-state index contributed by atoms with van der Waals surface area (Å²) < 4.78 is 17.5. The minimum absolute atomic E-state index is 0.244. The number of hydrogen-bond donors (Lipinski definition) is 1. The van der Waals surface area contributed by atoms with Crippen LogP contribution >= 0.6 is 0 Å². The highest BCUT2D eigenvalue weighted by atomic mass is 16.5. The van der Waals surface area contributed by atoms with Gasteiger partial charge in [0.2, 0.25) is 0 Å². The van der Waals surface area contributed by atoms with Gasteiger partial charge in [0.25, 0.3) is 0 Å². The van der Waals surface area contributed by atoms with Gasteiger partial charge in [-0.1, -0.05) is 6.42 Å². The number of furan rings is 1. The fourth-order valence-corrected chi connectivity index (χ4v) is 3.33. The van der Waals surface area contributed by atoms with Gasteiger partial charge in [-0.3, -0.25) is 0 Å². The van der Waals surface area contributed by atoms with Crippen LogP contribution in [0.25, 0.3) is 21.9 Å². The summed E-state index contributed by atoms with van der Waals surface area (Å²) in [7, 11) is 0. The van der Waals surface area contributed by atoms with Crippen LogP contribution in [0.2, 0.25) is 0 Å². The lowest BCUT2D eigenvalue weighted by Gasteiger charge is -2.08. The van der Waals surface area contributed by atoms with E-state index in [-0.39, 0.29) is 12.2 Å². The zero-order valence-electron chi connectivity index (χ0n) is 15.9. The Labute approximate surface area is 152 Å². The molecule has 0 spiro atoms. The Bertz CT molecular complexity index is 993. The number of ether oxygens (including phenoxy) is 1. The molecule has 0 aliphatic rings. The summed E-state index contributed by atoms with van der Waals surface area (Å²) >= 11 is 0. The van der Waals surface area contributed by atoms with Gasteiger partial charge in [-0.05, 0) is 58.6 Å². The number of rotatable bonds is 7. The largest absolute Gasteiger partial charge is 0.489 e. The van der Waals surface area contributed by atoms with Gasteiger partial charge in [0.15, 0.2) is 5.75 Å². The number of aliphatic hydroxyl groups is 1. The third-order valence-electron chi connectivity index (χ3n) is 5.04. The highest BCUT2D eigenvalue weighted by molar-refractivity contribution is 6.01. The third kappa shape index (κ3) is 3.23.